The van der Waals surface area contributed by atoms with Gasteiger partial charge < -0.3 is 10.2 Å². The third-order valence-electron chi connectivity index (χ3n) is 3.33. The van der Waals surface area contributed by atoms with E-state index in [-0.39, 0.29) is 5.75 Å². The molecule has 0 saturated heterocycles. The third-order valence-corrected chi connectivity index (χ3v) is 3.33. The lowest BCUT2D eigenvalue weighted by Crippen LogP contribution is -2.09. The van der Waals surface area contributed by atoms with Gasteiger partial charge in [-0.2, -0.15) is 0 Å². The number of carbonyl (C=O) groups is 1. The first kappa shape index (κ1) is 14.9. The minimum absolute atomic E-state index is 0.215. The largest absolute Gasteiger partial charge is 0.508 e. The Morgan fingerprint density at radius 3 is 2.29 bits per heavy atom. The highest BCUT2D eigenvalue weighted by Gasteiger charge is 2.14. The summed E-state index contributed by atoms with van der Waals surface area (Å²) in [5, 5.41) is 18.4. The first-order valence-electron chi connectivity index (χ1n) is 6.84. The van der Waals surface area contributed by atoms with Gasteiger partial charge >= 0.3 is 5.97 Å². The van der Waals surface area contributed by atoms with Crippen molar-refractivity contribution >= 4 is 17.6 Å². The number of hydrogen-bond acceptors (Lipinski definition) is 2. The van der Waals surface area contributed by atoms with Gasteiger partial charge in [-0.3, -0.25) is 4.79 Å². The molecule has 2 N–H and O–H groups in total. The van der Waals surface area contributed by atoms with Gasteiger partial charge in [-0.05, 0) is 35.3 Å². The second-order valence-corrected chi connectivity index (χ2v) is 5.07. The quantitative estimate of drug-likeness (QED) is 0.814. The molecule has 0 amide bonds. The molecule has 0 bridgehead atoms. The number of benzene rings is 2. The molecular formula is C18H18O3. The number of allylic oxidation sites excluding steroid dienone is 1. The zero-order valence-corrected chi connectivity index (χ0v) is 11.9. The van der Waals surface area contributed by atoms with E-state index < -0.39 is 11.9 Å². The molecule has 0 aromatic heterocycles. The van der Waals surface area contributed by atoms with Crippen LogP contribution in [0.15, 0.2) is 54.6 Å². The molecule has 0 saturated carbocycles. The van der Waals surface area contributed by atoms with Crippen LogP contribution in [0.5, 0.6) is 5.75 Å². The van der Waals surface area contributed by atoms with Crippen LogP contribution in [0.25, 0.3) is 11.6 Å². The summed E-state index contributed by atoms with van der Waals surface area (Å²) in [5.41, 5.74) is 2.92. The smallest absolute Gasteiger partial charge is 0.306 e. The lowest BCUT2D eigenvalue weighted by Gasteiger charge is -2.11. The number of carboxylic acid groups (broad SMARTS) is 1. The molecule has 0 heterocycles. The monoisotopic (exact) mass is 282 g/mol. The Kier molecular flexibility index (Phi) is 4.77. The summed E-state index contributed by atoms with van der Waals surface area (Å²) < 4.78 is 0. The Balaban J connectivity index is 2.35. The highest BCUT2D eigenvalue weighted by molar-refractivity contribution is 5.84. The second kappa shape index (κ2) is 6.75. The third kappa shape index (κ3) is 4.21. The molecule has 108 valence electrons. The predicted octanol–water partition coefficient (Wildman–Crippen LogP) is 4.04. The number of carboxylic acids is 1. The summed E-state index contributed by atoms with van der Waals surface area (Å²) in [7, 11) is 0. The van der Waals surface area contributed by atoms with E-state index in [1.165, 1.54) is 0 Å². The van der Waals surface area contributed by atoms with Crippen LogP contribution >= 0.6 is 0 Å². The number of phenols is 1. The maximum atomic E-state index is 11.1. The molecule has 21 heavy (non-hydrogen) atoms. The van der Waals surface area contributed by atoms with E-state index in [2.05, 4.69) is 0 Å². The van der Waals surface area contributed by atoms with Gasteiger partial charge in [-0.1, -0.05) is 55.5 Å². The van der Waals surface area contributed by atoms with E-state index in [4.69, 9.17) is 5.11 Å². The Morgan fingerprint density at radius 1 is 1.10 bits per heavy atom. The lowest BCUT2D eigenvalue weighted by molar-refractivity contribution is -0.140. The topological polar surface area (TPSA) is 57.5 Å². The van der Waals surface area contributed by atoms with Crippen molar-refractivity contribution in [3.63, 3.8) is 0 Å². The van der Waals surface area contributed by atoms with Crippen LogP contribution in [-0.4, -0.2) is 16.2 Å². The minimum Gasteiger partial charge on any atom is -0.508 e. The van der Waals surface area contributed by atoms with Crippen LogP contribution in [0.3, 0.4) is 0 Å². The van der Waals surface area contributed by atoms with Crippen molar-refractivity contribution in [1.29, 1.82) is 0 Å². The normalized spacial score (nSPS) is 12.9. The fourth-order valence-corrected chi connectivity index (χ4v) is 2.10. The van der Waals surface area contributed by atoms with Gasteiger partial charge in [0.2, 0.25) is 0 Å². The van der Waals surface area contributed by atoms with Gasteiger partial charge in [-0.25, -0.2) is 0 Å². The average Bonchev–Trinajstić information content (AvgIpc) is 2.49. The van der Waals surface area contributed by atoms with Crippen LogP contribution in [0.4, 0.5) is 0 Å². The number of phenolic OH excluding ortho intramolecular Hbond substituents is 1. The number of hydrogen-bond donors (Lipinski definition) is 2. The molecular weight excluding hydrogens is 264 g/mol. The van der Waals surface area contributed by atoms with Gasteiger partial charge in [0.1, 0.15) is 5.75 Å². The molecule has 0 fully saturated rings. The molecule has 3 nitrogen and oxygen atoms in total. The van der Waals surface area contributed by atoms with Crippen molar-refractivity contribution in [2.75, 3.05) is 0 Å². The van der Waals surface area contributed by atoms with Crippen molar-refractivity contribution in [1.82, 2.24) is 0 Å². The molecule has 2 aromatic carbocycles. The Hall–Kier alpha value is -2.55. The van der Waals surface area contributed by atoms with Crippen molar-refractivity contribution in [2.24, 2.45) is 5.92 Å². The molecule has 0 aliphatic rings. The van der Waals surface area contributed by atoms with Crippen LogP contribution in [-0.2, 0) is 4.79 Å². The van der Waals surface area contributed by atoms with Crippen molar-refractivity contribution in [2.45, 2.75) is 13.3 Å². The molecule has 1 unspecified atom stereocenters. The second-order valence-electron chi connectivity index (χ2n) is 5.07. The van der Waals surface area contributed by atoms with Gasteiger partial charge in [0.15, 0.2) is 0 Å². The zero-order valence-electron chi connectivity index (χ0n) is 11.9. The highest BCUT2D eigenvalue weighted by atomic mass is 16.4. The molecule has 2 aromatic rings. The Morgan fingerprint density at radius 2 is 1.71 bits per heavy atom. The summed E-state index contributed by atoms with van der Waals surface area (Å²) >= 11 is 0. The first-order chi connectivity index (χ1) is 10.1. The SMILES string of the molecule is CC(CC(=Cc1ccc(O)cc1)c1ccccc1)C(=O)O. The van der Waals surface area contributed by atoms with Gasteiger partial charge in [-0.15, -0.1) is 0 Å². The van der Waals surface area contributed by atoms with Crippen molar-refractivity contribution in [3.05, 3.63) is 65.7 Å². The van der Waals surface area contributed by atoms with Crippen LogP contribution in [0.1, 0.15) is 24.5 Å². The summed E-state index contributed by atoms with van der Waals surface area (Å²) in [6, 6.07) is 16.6. The predicted molar refractivity (Wildman–Crippen MR) is 83.8 cm³/mol. The molecule has 1 atom stereocenters. The Labute approximate surface area is 124 Å². The minimum atomic E-state index is -0.803. The average molecular weight is 282 g/mol. The molecule has 0 aliphatic heterocycles. The number of aliphatic carboxylic acids is 1. The lowest BCUT2D eigenvalue weighted by atomic mass is 9.93. The Bertz CT molecular complexity index is 627. The van der Waals surface area contributed by atoms with E-state index in [1.807, 2.05) is 48.5 Å². The highest BCUT2D eigenvalue weighted by Crippen LogP contribution is 2.26. The first-order valence-corrected chi connectivity index (χ1v) is 6.84. The fraction of sp³-hybridized carbons (Fsp3) is 0.167. The van der Waals surface area contributed by atoms with E-state index in [0.29, 0.717) is 6.42 Å². The maximum Gasteiger partial charge on any atom is 0.306 e. The fourth-order valence-electron chi connectivity index (χ4n) is 2.10. The van der Waals surface area contributed by atoms with Crippen LogP contribution in [0.2, 0.25) is 0 Å². The molecule has 0 aliphatic carbocycles. The van der Waals surface area contributed by atoms with E-state index in [9.17, 15) is 9.90 Å². The molecule has 0 radical (unpaired) electrons. The van der Waals surface area contributed by atoms with Crippen LogP contribution < -0.4 is 0 Å². The number of rotatable bonds is 5. The van der Waals surface area contributed by atoms with E-state index in [1.54, 1.807) is 19.1 Å². The van der Waals surface area contributed by atoms with Gasteiger partial charge in [0, 0.05) is 0 Å². The standard InChI is InChI=1S/C18H18O3/c1-13(18(20)21)11-16(15-5-3-2-4-6-15)12-14-7-9-17(19)10-8-14/h2-10,12-13,19H,11H2,1H3,(H,20,21). The van der Waals surface area contributed by atoms with Crippen LogP contribution in [0, 0.1) is 5.92 Å². The summed E-state index contributed by atoms with van der Waals surface area (Å²) in [4.78, 5) is 11.1. The van der Waals surface area contributed by atoms with Gasteiger partial charge in [0.05, 0.1) is 5.92 Å². The van der Waals surface area contributed by atoms with Gasteiger partial charge in [0.25, 0.3) is 0 Å². The van der Waals surface area contributed by atoms with Crippen molar-refractivity contribution in [3.8, 4) is 5.75 Å². The molecule has 3 heteroatoms. The zero-order chi connectivity index (χ0) is 15.2. The summed E-state index contributed by atoms with van der Waals surface area (Å²) in [5.74, 6) is -1.04. The maximum absolute atomic E-state index is 11.1. The summed E-state index contributed by atoms with van der Waals surface area (Å²) in [6.07, 6.45) is 2.43. The summed E-state index contributed by atoms with van der Waals surface area (Å²) in [6.45, 7) is 1.70. The molecule has 2 rings (SSSR count). The van der Waals surface area contributed by atoms with E-state index in [0.717, 1.165) is 16.7 Å². The van der Waals surface area contributed by atoms with E-state index >= 15 is 0 Å². The van der Waals surface area contributed by atoms with Crippen molar-refractivity contribution < 1.29 is 15.0 Å². The molecule has 0 spiro atoms. The number of aromatic hydroxyl groups is 1.